The van der Waals surface area contributed by atoms with Gasteiger partial charge in [0.25, 0.3) is 5.91 Å². The summed E-state index contributed by atoms with van der Waals surface area (Å²) in [4.78, 5) is 17.7. The van der Waals surface area contributed by atoms with E-state index >= 15 is 0 Å². The van der Waals surface area contributed by atoms with E-state index in [9.17, 15) is 9.00 Å². The Hall–Kier alpha value is -2.21. The molecule has 3 rings (SSSR count). The van der Waals surface area contributed by atoms with Crippen LogP contribution in [0.2, 0.25) is 0 Å². The van der Waals surface area contributed by atoms with Crippen LogP contribution in [0.1, 0.15) is 48.8 Å². The third-order valence-electron chi connectivity index (χ3n) is 4.66. The summed E-state index contributed by atoms with van der Waals surface area (Å²) in [7, 11) is 0.131. The SMILES string of the molecule is COc1ccc2c(n1)CC(CCc1ccccc1)N(S(=O)C(C)(C)C)C2=O. The van der Waals surface area contributed by atoms with Crippen molar-refractivity contribution in [1.29, 1.82) is 0 Å². The highest BCUT2D eigenvalue weighted by atomic mass is 32.2. The van der Waals surface area contributed by atoms with Gasteiger partial charge in [0.1, 0.15) is 11.0 Å². The molecular formula is C21H26N2O3S. The molecule has 0 bridgehead atoms. The van der Waals surface area contributed by atoms with Gasteiger partial charge in [0.05, 0.1) is 29.2 Å². The van der Waals surface area contributed by atoms with Crippen molar-refractivity contribution in [2.45, 2.75) is 50.8 Å². The van der Waals surface area contributed by atoms with E-state index in [4.69, 9.17) is 4.74 Å². The van der Waals surface area contributed by atoms with Gasteiger partial charge in [0, 0.05) is 12.5 Å². The Morgan fingerprint density at radius 1 is 1.19 bits per heavy atom. The maximum atomic E-state index is 13.2. The van der Waals surface area contributed by atoms with Crippen molar-refractivity contribution in [1.82, 2.24) is 9.29 Å². The lowest BCUT2D eigenvalue weighted by molar-refractivity contribution is 0.0798. The number of ether oxygens (including phenoxy) is 1. The molecule has 1 aromatic heterocycles. The molecule has 2 atom stereocenters. The quantitative estimate of drug-likeness (QED) is 0.788. The number of carbonyl (C=O) groups excluding carboxylic acids is 1. The highest BCUT2D eigenvalue weighted by Crippen LogP contribution is 2.31. The second kappa shape index (κ2) is 7.80. The minimum atomic E-state index is -1.43. The molecule has 0 saturated heterocycles. The standard InChI is InChI=1S/C21H26N2O3S/c1-21(2,3)27(25)23-16(11-10-15-8-6-5-7-9-15)14-18-17(20(23)24)12-13-19(22-18)26-4/h5-9,12-13,16H,10-11,14H2,1-4H3. The van der Waals surface area contributed by atoms with E-state index < -0.39 is 15.7 Å². The van der Waals surface area contributed by atoms with E-state index in [1.807, 2.05) is 39.0 Å². The lowest BCUT2D eigenvalue weighted by Gasteiger charge is -2.38. The largest absolute Gasteiger partial charge is 0.481 e. The van der Waals surface area contributed by atoms with Gasteiger partial charge < -0.3 is 4.74 Å². The van der Waals surface area contributed by atoms with Gasteiger partial charge in [-0.1, -0.05) is 30.3 Å². The number of rotatable bonds is 5. The molecule has 0 N–H and O–H groups in total. The molecule has 1 aliphatic heterocycles. The molecule has 0 radical (unpaired) electrons. The van der Waals surface area contributed by atoms with Crippen LogP contribution in [0, 0.1) is 0 Å². The number of aromatic nitrogens is 1. The van der Waals surface area contributed by atoms with Crippen LogP contribution < -0.4 is 4.74 Å². The zero-order valence-corrected chi connectivity index (χ0v) is 17.1. The van der Waals surface area contributed by atoms with Gasteiger partial charge in [-0.15, -0.1) is 0 Å². The van der Waals surface area contributed by atoms with Crippen molar-refractivity contribution in [3.05, 3.63) is 59.3 Å². The molecule has 1 aromatic carbocycles. The molecule has 0 fully saturated rings. The van der Waals surface area contributed by atoms with Crippen molar-refractivity contribution in [2.75, 3.05) is 7.11 Å². The molecule has 2 aromatic rings. The third-order valence-corrected chi connectivity index (χ3v) is 6.53. The number of methoxy groups -OCH3 is 1. The summed E-state index contributed by atoms with van der Waals surface area (Å²) in [5.74, 6) is 0.284. The molecule has 0 spiro atoms. The van der Waals surface area contributed by atoms with Crippen LogP contribution >= 0.6 is 0 Å². The minimum Gasteiger partial charge on any atom is -0.481 e. The molecule has 5 nitrogen and oxygen atoms in total. The highest BCUT2D eigenvalue weighted by molar-refractivity contribution is 7.84. The van der Waals surface area contributed by atoms with Gasteiger partial charge in [0.2, 0.25) is 5.88 Å². The van der Waals surface area contributed by atoms with Gasteiger partial charge in [-0.25, -0.2) is 9.19 Å². The summed E-state index contributed by atoms with van der Waals surface area (Å²) in [6, 6.07) is 13.4. The summed E-state index contributed by atoms with van der Waals surface area (Å²) < 4.78 is 19.4. The lowest BCUT2D eigenvalue weighted by atomic mass is 9.95. The van der Waals surface area contributed by atoms with Crippen LogP contribution in [0.5, 0.6) is 5.88 Å². The van der Waals surface area contributed by atoms with Crippen molar-refractivity contribution in [2.24, 2.45) is 0 Å². The molecule has 1 amide bonds. The minimum absolute atomic E-state index is 0.162. The van der Waals surface area contributed by atoms with Crippen LogP contribution in [-0.4, -0.2) is 37.3 Å². The topological polar surface area (TPSA) is 59.5 Å². The summed E-state index contributed by atoms with van der Waals surface area (Å²) in [5.41, 5.74) is 2.44. The normalized spacial score (nSPS) is 18.1. The van der Waals surface area contributed by atoms with Gasteiger partial charge in [0.15, 0.2) is 0 Å². The lowest BCUT2D eigenvalue weighted by Crippen LogP contribution is -2.51. The number of aryl methyl sites for hydroxylation is 1. The monoisotopic (exact) mass is 386 g/mol. The summed E-state index contributed by atoms with van der Waals surface area (Å²) in [5, 5.41) is 0. The first-order valence-electron chi connectivity index (χ1n) is 9.14. The molecule has 2 heterocycles. The van der Waals surface area contributed by atoms with Crippen molar-refractivity contribution < 1.29 is 13.7 Å². The van der Waals surface area contributed by atoms with Gasteiger partial charge in [-0.05, 0) is 45.2 Å². The predicted octanol–water partition coefficient (Wildman–Crippen LogP) is 3.55. The fourth-order valence-corrected chi connectivity index (χ4v) is 4.53. The van der Waals surface area contributed by atoms with Crippen molar-refractivity contribution >= 4 is 16.9 Å². The van der Waals surface area contributed by atoms with Crippen LogP contribution in [0.25, 0.3) is 0 Å². The number of hydrogen-bond acceptors (Lipinski definition) is 4. The summed E-state index contributed by atoms with van der Waals surface area (Å²) >= 11 is 0. The predicted molar refractivity (Wildman–Crippen MR) is 107 cm³/mol. The molecule has 27 heavy (non-hydrogen) atoms. The van der Waals surface area contributed by atoms with Crippen molar-refractivity contribution in [3.8, 4) is 5.88 Å². The maximum absolute atomic E-state index is 13.2. The molecule has 144 valence electrons. The Morgan fingerprint density at radius 2 is 1.89 bits per heavy atom. The van der Waals surface area contributed by atoms with E-state index in [0.717, 1.165) is 18.5 Å². The highest BCUT2D eigenvalue weighted by Gasteiger charge is 2.40. The Labute approximate surface area is 163 Å². The average Bonchev–Trinajstić information content (AvgIpc) is 2.65. The number of benzene rings is 1. The maximum Gasteiger partial charge on any atom is 0.267 e. The second-order valence-electron chi connectivity index (χ2n) is 7.72. The van der Waals surface area contributed by atoms with Crippen LogP contribution in [0.15, 0.2) is 42.5 Å². The number of carbonyl (C=O) groups is 1. The van der Waals surface area contributed by atoms with E-state index in [-0.39, 0.29) is 11.9 Å². The number of amides is 1. The molecular weight excluding hydrogens is 360 g/mol. The first-order valence-corrected chi connectivity index (χ1v) is 10.3. The first-order chi connectivity index (χ1) is 12.8. The Morgan fingerprint density at radius 3 is 2.52 bits per heavy atom. The second-order valence-corrected chi connectivity index (χ2v) is 9.84. The molecule has 0 aliphatic carbocycles. The fourth-order valence-electron chi connectivity index (χ4n) is 3.24. The molecule has 6 heteroatoms. The van der Waals surface area contributed by atoms with Crippen LogP contribution in [0.4, 0.5) is 0 Å². The Balaban J connectivity index is 1.93. The average molecular weight is 387 g/mol. The number of fused-ring (bicyclic) bond motifs is 1. The van der Waals surface area contributed by atoms with Crippen LogP contribution in [-0.2, 0) is 23.8 Å². The van der Waals surface area contributed by atoms with E-state index in [1.165, 1.54) is 5.56 Å². The van der Waals surface area contributed by atoms with Gasteiger partial charge in [-0.2, -0.15) is 0 Å². The zero-order valence-electron chi connectivity index (χ0n) is 16.3. The van der Waals surface area contributed by atoms with E-state index in [0.29, 0.717) is 17.9 Å². The smallest absolute Gasteiger partial charge is 0.267 e. The number of pyridine rings is 1. The summed E-state index contributed by atoms with van der Waals surface area (Å²) in [6.07, 6.45) is 2.12. The molecule has 2 unspecified atom stereocenters. The number of hydrogen-bond donors (Lipinski definition) is 0. The van der Waals surface area contributed by atoms with E-state index in [1.54, 1.807) is 23.5 Å². The fraction of sp³-hybridized carbons (Fsp3) is 0.429. The Kier molecular flexibility index (Phi) is 5.65. The third kappa shape index (κ3) is 4.21. The van der Waals surface area contributed by atoms with Crippen molar-refractivity contribution in [3.63, 3.8) is 0 Å². The van der Waals surface area contributed by atoms with Gasteiger partial charge in [-0.3, -0.25) is 9.10 Å². The van der Waals surface area contributed by atoms with Crippen LogP contribution in [0.3, 0.4) is 0 Å². The van der Waals surface area contributed by atoms with Gasteiger partial charge >= 0.3 is 0 Å². The Bertz CT molecular complexity index is 846. The van der Waals surface area contributed by atoms with E-state index in [2.05, 4.69) is 17.1 Å². The number of nitrogens with zero attached hydrogens (tertiary/aromatic N) is 2. The summed E-state index contributed by atoms with van der Waals surface area (Å²) in [6.45, 7) is 5.69. The zero-order chi connectivity index (χ0) is 19.6. The molecule has 1 aliphatic rings. The first kappa shape index (κ1) is 19.5. The molecule has 0 saturated carbocycles.